The summed E-state index contributed by atoms with van der Waals surface area (Å²) in [6.45, 7) is 4.13. The number of rotatable bonds is 5. The van der Waals surface area contributed by atoms with Gasteiger partial charge in [-0.3, -0.25) is 4.79 Å². The molecule has 150 valence electrons. The van der Waals surface area contributed by atoms with Crippen molar-refractivity contribution in [3.63, 3.8) is 0 Å². The zero-order valence-electron chi connectivity index (χ0n) is 16.7. The Labute approximate surface area is 170 Å². The molecule has 1 aromatic heterocycles. The zero-order chi connectivity index (χ0) is 19.8. The van der Waals surface area contributed by atoms with Crippen molar-refractivity contribution in [2.24, 2.45) is 0 Å². The standard InChI is InChI=1S/C24H26N2O3/c1-2-16-7-5-8-17-20(14-25-23(16)17)19(13-22(27)26-11-3-4-12-26)18-9-6-10-21-24(18)29-15-28-21/h5-10,14,19,25H,2-4,11-13,15H2,1H3/t19-/m1/s1. The van der Waals surface area contributed by atoms with Crippen molar-refractivity contribution in [2.75, 3.05) is 19.9 Å². The van der Waals surface area contributed by atoms with Crippen LogP contribution in [0.5, 0.6) is 11.5 Å². The lowest BCUT2D eigenvalue weighted by atomic mass is 9.86. The van der Waals surface area contributed by atoms with Crippen LogP contribution in [0.4, 0.5) is 0 Å². The van der Waals surface area contributed by atoms with Gasteiger partial charge in [-0.25, -0.2) is 0 Å². The van der Waals surface area contributed by atoms with Crippen LogP contribution in [-0.2, 0) is 11.2 Å². The Kier molecular flexibility index (Phi) is 4.66. The Morgan fingerprint density at radius 3 is 2.76 bits per heavy atom. The fourth-order valence-corrected chi connectivity index (χ4v) is 4.71. The van der Waals surface area contributed by atoms with Crippen molar-refractivity contribution in [2.45, 2.75) is 38.5 Å². The van der Waals surface area contributed by atoms with Crippen LogP contribution in [0.1, 0.15) is 48.8 Å². The third-order valence-electron chi connectivity index (χ3n) is 6.23. The molecule has 1 saturated heterocycles. The van der Waals surface area contributed by atoms with Crippen molar-refractivity contribution in [3.05, 3.63) is 59.3 Å². The summed E-state index contributed by atoms with van der Waals surface area (Å²) in [7, 11) is 0. The number of benzene rings is 2. The van der Waals surface area contributed by atoms with E-state index in [0.717, 1.165) is 60.5 Å². The summed E-state index contributed by atoms with van der Waals surface area (Å²) in [4.78, 5) is 18.6. The Bertz CT molecular complexity index is 1050. The molecule has 5 nitrogen and oxygen atoms in total. The van der Waals surface area contributed by atoms with E-state index in [1.54, 1.807) is 0 Å². The molecule has 2 aromatic carbocycles. The molecule has 2 aliphatic heterocycles. The molecule has 0 bridgehead atoms. The Morgan fingerprint density at radius 1 is 1.10 bits per heavy atom. The van der Waals surface area contributed by atoms with Crippen LogP contribution in [0.3, 0.4) is 0 Å². The van der Waals surface area contributed by atoms with Crippen LogP contribution in [0, 0.1) is 0 Å². The molecule has 0 aliphatic carbocycles. The van der Waals surface area contributed by atoms with Crippen molar-refractivity contribution in [1.82, 2.24) is 9.88 Å². The molecule has 1 N–H and O–H groups in total. The van der Waals surface area contributed by atoms with Gasteiger partial charge in [-0.05, 0) is 36.5 Å². The van der Waals surface area contributed by atoms with Crippen molar-refractivity contribution in [3.8, 4) is 11.5 Å². The molecule has 1 fully saturated rings. The number of para-hydroxylation sites is 2. The van der Waals surface area contributed by atoms with Crippen molar-refractivity contribution < 1.29 is 14.3 Å². The highest BCUT2D eigenvalue weighted by atomic mass is 16.7. The molecule has 0 saturated carbocycles. The van der Waals surface area contributed by atoms with Gasteiger partial charge in [-0.2, -0.15) is 0 Å². The highest BCUT2D eigenvalue weighted by molar-refractivity contribution is 5.88. The highest BCUT2D eigenvalue weighted by Crippen LogP contribution is 2.44. The van der Waals surface area contributed by atoms with Crippen LogP contribution in [0.15, 0.2) is 42.6 Å². The topological polar surface area (TPSA) is 54.6 Å². The number of aromatic nitrogens is 1. The first-order valence-corrected chi connectivity index (χ1v) is 10.5. The molecule has 2 aliphatic rings. The van der Waals surface area contributed by atoms with Gasteiger partial charge in [0.15, 0.2) is 11.5 Å². The molecule has 29 heavy (non-hydrogen) atoms. The number of carbonyl (C=O) groups is 1. The second-order valence-electron chi connectivity index (χ2n) is 7.86. The smallest absolute Gasteiger partial charge is 0.231 e. The van der Waals surface area contributed by atoms with Crippen LogP contribution in [-0.4, -0.2) is 35.7 Å². The van der Waals surface area contributed by atoms with Gasteiger partial charge in [-0.1, -0.05) is 37.3 Å². The van der Waals surface area contributed by atoms with Crippen molar-refractivity contribution in [1.29, 1.82) is 0 Å². The van der Waals surface area contributed by atoms with Gasteiger partial charge in [0.05, 0.1) is 0 Å². The molecule has 3 heterocycles. The van der Waals surface area contributed by atoms with E-state index in [2.05, 4.69) is 42.4 Å². The number of amides is 1. The molecule has 0 spiro atoms. The van der Waals surface area contributed by atoms with E-state index in [1.807, 2.05) is 17.0 Å². The maximum absolute atomic E-state index is 13.1. The number of hydrogen-bond acceptors (Lipinski definition) is 3. The summed E-state index contributed by atoms with van der Waals surface area (Å²) in [5, 5.41) is 1.18. The lowest BCUT2D eigenvalue weighted by Gasteiger charge is -2.22. The van der Waals surface area contributed by atoms with E-state index in [1.165, 1.54) is 10.9 Å². The van der Waals surface area contributed by atoms with Gasteiger partial charge in [0.25, 0.3) is 0 Å². The van der Waals surface area contributed by atoms with Gasteiger partial charge in [0.1, 0.15) is 0 Å². The number of aryl methyl sites for hydroxylation is 1. The van der Waals surface area contributed by atoms with Gasteiger partial charge >= 0.3 is 0 Å². The van der Waals surface area contributed by atoms with Crippen molar-refractivity contribution >= 4 is 16.8 Å². The second-order valence-corrected chi connectivity index (χ2v) is 7.86. The quantitative estimate of drug-likeness (QED) is 0.692. The number of hydrogen-bond donors (Lipinski definition) is 1. The van der Waals surface area contributed by atoms with Gasteiger partial charge in [-0.15, -0.1) is 0 Å². The minimum absolute atomic E-state index is 0.0828. The minimum atomic E-state index is -0.0828. The minimum Gasteiger partial charge on any atom is -0.454 e. The summed E-state index contributed by atoms with van der Waals surface area (Å²) >= 11 is 0. The summed E-state index contributed by atoms with van der Waals surface area (Å²) in [6, 6.07) is 12.4. The van der Waals surface area contributed by atoms with Gasteiger partial charge in [0, 0.05) is 48.1 Å². The lowest BCUT2D eigenvalue weighted by molar-refractivity contribution is -0.130. The summed E-state index contributed by atoms with van der Waals surface area (Å²) < 4.78 is 11.4. The van der Waals surface area contributed by atoms with E-state index in [-0.39, 0.29) is 18.6 Å². The van der Waals surface area contributed by atoms with Gasteiger partial charge < -0.3 is 19.4 Å². The molecular formula is C24H26N2O3. The lowest BCUT2D eigenvalue weighted by Crippen LogP contribution is -2.29. The Balaban J connectivity index is 1.61. The first-order valence-electron chi connectivity index (χ1n) is 10.5. The molecule has 0 radical (unpaired) electrons. The Hall–Kier alpha value is -2.95. The summed E-state index contributed by atoms with van der Waals surface area (Å²) in [6.07, 6.45) is 5.67. The van der Waals surface area contributed by atoms with Crippen LogP contribution in [0.25, 0.3) is 10.9 Å². The molecule has 1 atom stereocenters. The average Bonchev–Trinajstić information content (AvgIpc) is 3.51. The molecular weight excluding hydrogens is 364 g/mol. The normalized spacial score (nSPS) is 16.5. The van der Waals surface area contributed by atoms with Gasteiger partial charge in [0.2, 0.25) is 12.7 Å². The summed E-state index contributed by atoms with van der Waals surface area (Å²) in [5.41, 5.74) is 4.62. The highest BCUT2D eigenvalue weighted by Gasteiger charge is 2.30. The number of ether oxygens (including phenoxy) is 2. The number of nitrogens with one attached hydrogen (secondary N) is 1. The van der Waals surface area contributed by atoms with Crippen LogP contribution < -0.4 is 9.47 Å². The number of aromatic amines is 1. The number of H-pyrrole nitrogens is 1. The first-order chi connectivity index (χ1) is 14.3. The van der Waals surface area contributed by atoms with Crippen LogP contribution in [0.2, 0.25) is 0 Å². The third kappa shape index (κ3) is 3.15. The van der Waals surface area contributed by atoms with E-state index in [0.29, 0.717) is 6.42 Å². The molecule has 1 amide bonds. The molecule has 0 unspecified atom stereocenters. The fourth-order valence-electron chi connectivity index (χ4n) is 4.71. The van der Waals surface area contributed by atoms with E-state index in [4.69, 9.17) is 9.47 Å². The van der Waals surface area contributed by atoms with E-state index in [9.17, 15) is 4.79 Å². The number of fused-ring (bicyclic) bond motifs is 2. The van der Waals surface area contributed by atoms with E-state index >= 15 is 0 Å². The summed E-state index contributed by atoms with van der Waals surface area (Å²) in [5.74, 6) is 1.66. The maximum Gasteiger partial charge on any atom is 0.231 e. The number of likely N-dealkylation sites (tertiary alicyclic amines) is 1. The number of nitrogens with zero attached hydrogens (tertiary/aromatic N) is 1. The molecule has 5 rings (SSSR count). The molecule has 5 heteroatoms. The Morgan fingerprint density at radius 2 is 1.93 bits per heavy atom. The predicted octanol–water partition coefficient (Wildman–Crippen LogP) is 4.60. The van der Waals surface area contributed by atoms with E-state index < -0.39 is 0 Å². The monoisotopic (exact) mass is 390 g/mol. The average molecular weight is 390 g/mol. The molecule has 3 aromatic rings. The van der Waals surface area contributed by atoms with Crippen LogP contribution >= 0.6 is 0 Å². The SMILES string of the molecule is CCc1cccc2c([C@H](CC(=O)N3CCCC3)c3cccc4c3OCO4)c[nH]c12. The zero-order valence-corrected chi connectivity index (χ0v) is 16.7. The predicted molar refractivity (Wildman–Crippen MR) is 113 cm³/mol. The third-order valence-corrected chi connectivity index (χ3v) is 6.23. The fraction of sp³-hybridized carbons (Fsp3) is 0.375. The second kappa shape index (κ2) is 7.47. The number of carbonyl (C=O) groups excluding carboxylic acids is 1. The largest absolute Gasteiger partial charge is 0.454 e. The first kappa shape index (κ1) is 18.1. The maximum atomic E-state index is 13.1.